The predicted molar refractivity (Wildman–Crippen MR) is 199 cm³/mol. The van der Waals surface area contributed by atoms with E-state index in [-0.39, 0.29) is 11.9 Å². The summed E-state index contributed by atoms with van der Waals surface area (Å²) in [5.41, 5.74) is 6.45. The van der Waals surface area contributed by atoms with Gasteiger partial charge in [-0.1, -0.05) is 71.7 Å². The van der Waals surface area contributed by atoms with Crippen LogP contribution in [0.2, 0.25) is 10.0 Å². The Morgan fingerprint density at radius 3 is 2.00 bits per heavy atom. The molecule has 262 valence electrons. The van der Waals surface area contributed by atoms with Gasteiger partial charge in [0.2, 0.25) is 17.7 Å². The zero-order chi connectivity index (χ0) is 35.0. The van der Waals surface area contributed by atoms with Crippen LogP contribution in [0.4, 0.5) is 0 Å². The van der Waals surface area contributed by atoms with Crippen molar-refractivity contribution in [3.8, 4) is 45.4 Å². The molecule has 1 amide bonds. The number of carbonyl (C=O) groups is 2. The molecule has 0 radical (unpaired) electrons. The molecule has 1 aliphatic heterocycles. The lowest BCUT2D eigenvalue weighted by atomic mass is 9.88. The Labute approximate surface area is 304 Å². The smallest absolute Gasteiger partial charge is 0.220 e. The number of hydrogen-bond acceptors (Lipinski definition) is 7. The molecule has 1 aliphatic carbocycles. The number of ketones is 1. The highest BCUT2D eigenvalue weighted by molar-refractivity contribution is 6.39. The standard InChI is InChI=1S/C40H44Cl2N4O4/c1-49-39-26(9-4-10-28-11-5-17-36(48)44-28)18-20-34(45-39)32-15-6-13-30(37(32)41)31-14-7-16-33(38(31)42)35-21-19-27(40(46-35)50-2)24-43-23-25-8-3-12-29(47)22-25/h6-7,13-16,18-21,25,28,43H,3-5,8-12,17,22-24H2,1-2H3,(H,44,48). The minimum Gasteiger partial charge on any atom is -0.481 e. The van der Waals surface area contributed by atoms with Crippen LogP contribution in [-0.4, -0.2) is 48.5 Å². The van der Waals surface area contributed by atoms with Gasteiger partial charge in [0, 0.05) is 65.2 Å². The van der Waals surface area contributed by atoms with Gasteiger partial charge in [0.15, 0.2) is 0 Å². The molecule has 8 nitrogen and oxygen atoms in total. The number of carbonyl (C=O) groups excluding carboxylic acids is 2. The van der Waals surface area contributed by atoms with Crippen molar-refractivity contribution in [1.29, 1.82) is 0 Å². The third-order valence-corrected chi connectivity index (χ3v) is 10.6. The number of methoxy groups -OCH3 is 2. The maximum Gasteiger partial charge on any atom is 0.220 e. The summed E-state index contributed by atoms with van der Waals surface area (Å²) in [5.74, 6) is 1.99. The number of rotatable bonds is 13. The lowest BCUT2D eigenvalue weighted by Gasteiger charge is -2.23. The number of nitrogens with zero attached hydrogens (tertiary/aromatic N) is 2. The van der Waals surface area contributed by atoms with Gasteiger partial charge in [-0.15, -0.1) is 0 Å². The third kappa shape index (κ3) is 8.48. The molecule has 10 heteroatoms. The molecule has 2 fully saturated rings. The van der Waals surface area contributed by atoms with Crippen LogP contribution in [0.5, 0.6) is 11.8 Å². The van der Waals surface area contributed by atoms with Gasteiger partial charge in [0.05, 0.1) is 35.7 Å². The number of halogens is 2. The summed E-state index contributed by atoms with van der Waals surface area (Å²) >= 11 is 14.2. The Hall–Kier alpha value is -3.98. The second kappa shape index (κ2) is 16.8. The van der Waals surface area contributed by atoms with Crippen LogP contribution in [0.25, 0.3) is 33.6 Å². The highest BCUT2D eigenvalue weighted by atomic mass is 35.5. The van der Waals surface area contributed by atoms with E-state index < -0.39 is 0 Å². The van der Waals surface area contributed by atoms with E-state index >= 15 is 0 Å². The van der Waals surface area contributed by atoms with Crippen LogP contribution in [0.1, 0.15) is 68.9 Å². The third-order valence-electron chi connectivity index (χ3n) is 9.76. The number of aromatic nitrogens is 2. The van der Waals surface area contributed by atoms with E-state index in [1.54, 1.807) is 14.2 Å². The SMILES string of the molecule is COc1nc(-c2cccc(-c3cccc(-c4ccc(CNCC5CCCC(=O)C5)c(OC)n4)c3Cl)c2Cl)ccc1CCCC1CCCC(=O)N1. The molecule has 6 rings (SSSR count). The van der Waals surface area contributed by atoms with Crippen LogP contribution in [0.15, 0.2) is 60.7 Å². The van der Waals surface area contributed by atoms with Gasteiger partial charge in [-0.25, -0.2) is 9.97 Å². The fourth-order valence-corrected chi connectivity index (χ4v) is 7.78. The maximum atomic E-state index is 11.8. The molecular formula is C40H44Cl2N4O4. The first-order valence-electron chi connectivity index (χ1n) is 17.5. The lowest BCUT2D eigenvalue weighted by Crippen LogP contribution is -2.38. The molecule has 2 unspecified atom stereocenters. The van der Waals surface area contributed by atoms with Crippen LogP contribution in [0.3, 0.4) is 0 Å². The topological polar surface area (TPSA) is 102 Å². The average molecular weight is 716 g/mol. The van der Waals surface area contributed by atoms with E-state index in [1.165, 1.54) is 0 Å². The summed E-state index contributed by atoms with van der Waals surface area (Å²) in [4.78, 5) is 33.3. The quantitative estimate of drug-likeness (QED) is 0.143. The molecular weight excluding hydrogens is 671 g/mol. The van der Waals surface area contributed by atoms with Crippen molar-refractivity contribution in [3.63, 3.8) is 0 Å². The lowest BCUT2D eigenvalue weighted by molar-refractivity contribution is -0.123. The van der Waals surface area contributed by atoms with E-state index in [1.807, 2.05) is 60.7 Å². The average Bonchev–Trinajstić information content (AvgIpc) is 3.12. The Bertz CT molecular complexity index is 1720. The molecule has 2 aliphatic rings. The number of ether oxygens (including phenoxy) is 2. The minimum atomic E-state index is 0.150. The number of benzene rings is 2. The van der Waals surface area contributed by atoms with E-state index in [2.05, 4.69) is 10.6 Å². The molecule has 3 heterocycles. The fraction of sp³-hybridized carbons (Fsp3) is 0.400. The van der Waals surface area contributed by atoms with Gasteiger partial charge in [-0.05, 0) is 69.5 Å². The highest BCUT2D eigenvalue weighted by Gasteiger charge is 2.21. The maximum absolute atomic E-state index is 11.8. The van der Waals surface area contributed by atoms with Crippen molar-refractivity contribution in [2.24, 2.45) is 5.92 Å². The Morgan fingerprint density at radius 1 is 0.780 bits per heavy atom. The molecule has 2 N–H and O–H groups in total. The summed E-state index contributed by atoms with van der Waals surface area (Å²) < 4.78 is 11.4. The summed E-state index contributed by atoms with van der Waals surface area (Å²) in [6.07, 6.45) is 8.69. The fourth-order valence-electron chi connectivity index (χ4n) is 7.13. The van der Waals surface area contributed by atoms with Gasteiger partial charge in [0.25, 0.3) is 0 Å². The van der Waals surface area contributed by atoms with Crippen molar-refractivity contribution in [1.82, 2.24) is 20.6 Å². The van der Waals surface area contributed by atoms with E-state index in [4.69, 9.17) is 42.6 Å². The molecule has 0 spiro atoms. The normalized spacial score (nSPS) is 17.8. The highest BCUT2D eigenvalue weighted by Crippen LogP contribution is 2.42. The molecule has 2 atom stereocenters. The summed E-state index contributed by atoms with van der Waals surface area (Å²) in [5, 5.41) is 7.65. The second-order valence-corrected chi connectivity index (χ2v) is 14.0. The van der Waals surface area contributed by atoms with E-state index in [9.17, 15) is 9.59 Å². The van der Waals surface area contributed by atoms with Crippen LogP contribution >= 0.6 is 23.2 Å². The molecule has 2 aromatic carbocycles. The number of pyridine rings is 2. The predicted octanol–water partition coefficient (Wildman–Crippen LogP) is 8.64. The molecule has 4 aromatic rings. The van der Waals surface area contributed by atoms with Crippen LogP contribution < -0.4 is 20.1 Å². The van der Waals surface area contributed by atoms with Crippen molar-refractivity contribution >= 4 is 34.9 Å². The van der Waals surface area contributed by atoms with Gasteiger partial charge < -0.3 is 20.1 Å². The number of piperidine rings is 1. The summed E-state index contributed by atoms with van der Waals surface area (Å²) in [6.45, 7) is 1.39. The molecule has 1 saturated heterocycles. The van der Waals surface area contributed by atoms with Crippen molar-refractivity contribution in [2.45, 2.75) is 76.8 Å². The summed E-state index contributed by atoms with van der Waals surface area (Å²) in [7, 11) is 3.25. The molecule has 2 aromatic heterocycles. The van der Waals surface area contributed by atoms with Crippen LogP contribution in [0, 0.1) is 5.92 Å². The van der Waals surface area contributed by atoms with Gasteiger partial charge in [-0.3, -0.25) is 9.59 Å². The number of amides is 1. The van der Waals surface area contributed by atoms with E-state index in [0.717, 1.165) is 84.9 Å². The number of hydrogen-bond donors (Lipinski definition) is 2. The largest absolute Gasteiger partial charge is 0.481 e. The van der Waals surface area contributed by atoms with Crippen LogP contribution in [-0.2, 0) is 22.6 Å². The van der Waals surface area contributed by atoms with Gasteiger partial charge in [0.1, 0.15) is 5.78 Å². The van der Waals surface area contributed by atoms with Crippen molar-refractivity contribution in [2.75, 3.05) is 20.8 Å². The zero-order valence-corrected chi connectivity index (χ0v) is 30.2. The number of aryl methyl sites for hydroxylation is 1. The number of Topliss-reactive ketones (excluding diaryl/α,β-unsaturated/α-hetero) is 1. The van der Waals surface area contributed by atoms with Crippen molar-refractivity contribution < 1.29 is 19.1 Å². The molecule has 1 saturated carbocycles. The Kier molecular flexibility index (Phi) is 12.1. The molecule has 50 heavy (non-hydrogen) atoms. The zero-order valence-electron chi connectivity index (χ0n) is 28.7. The van der Waals surface area contributed by atoms with E-state index in [0.29, 0.717) is 70.7 Å². The monoisotopic (exact) mass is 714 g/mol. The van der Waals surface area contributed by atoms with Crippen molar-refractivity contribution in [3.05, 3.63) is 81.8 Å². The Balaban J connectivity index is 1.18. The Morgan fingerprint density at radius 2 is 1.38 bits per heavy atom. The minimum absolute atomic E-state index is 0.150. The van der Waals surface area contributed by atoms with Gasteiger partial charge in [-0.2, -0.15) is 0 Å². The number of nitrogens with one attached hydrogen (secondary N) is 2. The summed E-state index contributed by atoms with van der Waals surface area (Å²) in [6, 6.07) is 19.9. The second-order valence-electron chi connectivity index (χ2n) is 13.2. The first-order chi connectivity index (χ1) is 24.3. The first-order valence-corrected chi connectivity index (χ1v) is 18.3. The molecule has 0 bridgehead atoms. The van der Waals surface area contributed by atoms with Gasteiger partial charge >= 0.3 is 0 Å². The first kappa shape index (κ1) is 35.8.